The quantitative estimate of drug-likeness (QED) is 0.396. The van der Waals surface area contributed by atoms with Gasteiger partial charge in [0.15, 0.2) is 11.6 Å². The van der Waals surface area contributed by atoms with E-state index in [1.54, 1.807) is 12.3 Å². The second-order valence-electron chi connectivity index (χ2n) is 6.82. The Hall–Kier alpha value is -3.80. The maximum absolute atomic E-state index is 14.6. The molecular formula is C19H24FN9O2. The lowest BCUT2D eigenvalue weighted by molar-refractivity contribution is 0.100. The largest absolute Gasteiger partial charge is 0.479 e. The average molecular weight is 429 g/mol. The maximum atomic E-state index is 14.6. The topological polar surface area (TPSA) is 159 Å². The molecule has 0 aromatic carbocycles. The third-order valence-corrected chi connectivity index (χ3v) is 4.60. The minimum absolute atomic E-state index is 0.0466. The van der Waals surface area contributed by atoms with Crippen LogP contribution in [0.3, 0.4) is 0 Å². The van der Waals surface area contributed by atoms with Crippen molar-refractivity contribution < 1.29 is 13.9 Å². The number of anilines is 3. The minimum atomic E-state index is -0.836. The number of hydrogen-bond donors (Lipinski definition) is 4. The van der Waals surface area contributed by atoms with Crippen molar-refractivity contribution in [2.24, 2.45) is 11.5 Å². The van der Waals surface area contributed by atoms with E-state index in [-0.39, 0.29) is 29.3 Å². The van der Waals surface area contributed by atoms with Crippen LogP contribution < -0.4 is 26.8 Å². The molecule has 3 aromatic rings. The molecule has 6 N–H and O–H groups in total. The molecule has 0 unspecified atom stereocenters. The lowest BCUT2D eigenvalue weighted by Crippen LogP contribution is -2.38. The van der Waals surface area contributed by atoms with Gasteiger partial charge in [-0.15, -0.1) is 5.10 Å². The summed E-state index contributed by atoms with van der Waals surface area (Å²) in [5.41, 5.74) is 12.2. The van der Waals surface area contributed by atoms with E-state index in [4.69, 9.17) is 16.2 Å². The molecule has 2 atom stereocenters. The van der Waals surface area contributed by atoms with Gasteiger partial charge in [-0.25, -0.2) is 19.0 Å². The summed E-state index contributed by atoms with van der Waals surface area (Å²) in [6, 6.07) is 2.24. The van der Waals surface area contributed by atoms with E-state index in [2.05, 4.69) is 30.9 Å². The van der Waals surface area contributed by atoms with Crippen LogP contribution in [0.4, 0.5) is 21.7 Å². The smallest absolute Gasteiger partial charge is 0.252 e. The Morgan fingerprint density at radius 2 is 2.13 bits per heavy atom. The number of carbonyl (C=O) groups is 1. The van der Waals surface area contributed by atoms with Gasteiger partial charge < -0.3 is 26.8 Å². The van der Waals surface area contributed by atoms with Crippen LogP contribution in [0.2, 0.25) is 0 Å². The number of pyridine rings is 2. The minimum Gasteiger partial charge on any atom is -0.479 e. The fraction of sp³-hybridized carbons (Fsp3) is 0.316. The summed E-state index contributed by atoms with van der Waals surface area (Å²) < 4.78 is 21.3. The van der Waals surface area contributed by atoms with Gasteiger partial charge in [0.05, 0.1) is 37.0 Å². The highest BCUT2D eigenvalue weighted by atomic mass is 19.1. The summed E-state index contributed by atoms with van der Waals surface area (Å²) in [6.45, 7) is 3.73. The van der Waals surface area contributed by atoms with E-state index in [0.29, 0.717) is 23.7 Å². The normalized spacial score (nSPS) is 12.8. The fourth-order valence-electron chi connectivity index (χ4n) is 2.96. The first-order chi connectivity index (χ1) is 14.8. The second kappa shape index (κ2) is 9.34. The van der Waals surface area contributed by atoms with Gasteiger partial charge in [0.1, 0.15) is 11.5 Å². The zero-order chi connectivity index (χ0) is 22.5. The van der Waals surface area contributed by atoms with Gasteiger partial charge in [0.2, 0.25) is 5.88 Å². The number of nitrogens with two attached hydrogens (primary N) is 2. The summed E-state index contributed by atoms with van der Waals surface area (Å²) in [7, 11) is 1.48. The molecule has 0 aliphatic carbocycles. The molecule has 3 aromatic heterocycles. The standard InChI is InChI=1S/C19H24FN9O2/c1-4-14(10(2)21)26-18-13(20)8-12(16(22)30)17(27-18)25-11-7-15(19(31-3)23-9-11)29-6-5-24-28-29/h5-10,14H,4,21H2,1-3H3,(H2,22,30)(H2,25,26,27)/t10-,14+/m0/s1. The maximum Gasteiger partial charge on any atom is 0.252 e. The van der Waals surface area contributed by atoms with Crippen molar-refractivity contribution in [2.45, 2.75) is 32.4 Å². The Morgan fingerprint density at radius 1 is 1.35 bits per heavy atom. The first kappa shape index (κ1) is 21.9. The third-order valence-electron chi connectivity index (χ3n) is 4.60. The van der Waals surface area contributed by atoms with Gasteiger partial charge in [-0.3, -0.25) is 4.79 Å². The Bertz CT molecular complexity index is 1060. The number of halogens is 1. The predicted octanol–water partition coefficient (Wildman–Crippen LogP) is 1.59. The van der Waals surface area contributed by atoms with Crippen LogP contribution in [0, 0.1) is 5.82 Å². The molecule has 0 aliphatic heterocycles. The number of rotatable bonds is 9. The summed E-state index contributed by atoms with van der Waals surface area (Å²) in [6.07, 6.45) is 5.25. The van der Waals surface area contributed by atoms with Gasteiger partial charge in [-0.1, -0.05) is 12.1 Å². The van der Waals surface area contributed by atoms with Crippen molar-refractivity contribution in [3.63, 3.8) is 0 Å². The molecule has 0 saturated carbocycles. The number of amides is 1. The Balaban J connectivity index is 2.01. The fourth-order valence-corrected chi connectivity index (χ4v) is 2.96. The molecule has 0 saturated heterocycles. The van der Waals surface area contributed by atoms with E-state index in [0.717, 1.165) is 6.07 Å². The highest BCUT2D eigenvalue weighted by Gasteiger charge is 2.20. The van der Waals surface area contributed by atoms with Crippen LogP contribution in [0.25, 0.3) is 5.69 Å². The molecular weight excluding hydrogens is 405 g/mol. The Labute approximate surface area is 178 Å². The van der Waals surface area contributed by atoms with Gasteiger partial charge in [0.25, 0.3) is 5.91 Å². The van der Waals surface area contributed by atoms with Crippen molar-refractivity contribution in [1.82, 2.24) is 25.0 Å². The molecule has 0 bridgehead atoms. The van der Waals surface area contributed by atoms with Crippen LogP contribution in [0.15, 0.2) is 30.7 Å². The zero-order valence-electron chi connectivity index (χ0n) is 17.3. The molecule has 164 valence electrons. The monoisotopic (exact) mass is 429 g/mol. The molecule has 3 heterocycles. The number of ether oxygens (including phenoxy) is 1. The summed E-state index contributed by atoms with van der Waals surface area (Å²) in [4.78, 5) is 20.4. The van der Waals surface area contributed by atoms with E-state index in [1.807, 2.05) is 13.8 Å². The van der Waals surface area contributed by atoms with Crippen LogP contribution in [-0.2, 0) is 0 Å². The molecule has 12 heteroatoms. The van der Waals surface area contributed by atoms with Crippen LogP contribution in [-0.4, -0.2) is 50.1 Å². The van der Waals surface area contributed by atoms with Crippen molar-refractivity contribution in [3.05, 3.63) is 42.1 Å². The summed E-state index contributed by atoms with van der Waals surface area (Å²) in [5.74, 6) is -1.22. The molecule has 1 amide bonds. The van der Waals surface area contributed by atoms with E-state index < -0.39 is 11.7 Å². The third kappa shape index (κ3) is 4.86. The number of methoxy groups -OCH3 is 1. The number of nitrogens with zero attached hydrogens (tertiary/aromatic N) is 5. The second-order valence-corrected chi connectivity index (χ2v) is 6.82. The van der Waals surface area contributed by atoms with Gasteiger partial charge >= 0.3 is 0 Å². The van der Waals surface area contributed by atoms with Crippen LogP contribution in [0.1, 0.15) is 30.6 Å². The number of carbonyl (C=O) groups excluding carboxylic acids is 1. The Morgan fingerprint density at radius 3 is 2.71 bits per heavy atom. The van der Waals surface area contributed by atoms with Crippen LogP contribution >= 0.6 is 0 Å². The van der Waals surface area contributed by atoms with Gasteiger partial charge in [0, 0.05) is 12.1 Å². The number of aromatic nitrogens is 5. The molecule has 3 rings (SSSR count). The van der Waals surface area contributed by atoms with Gasteiger partial charge in [-0.05, 0) is 25.5 Å². The molecule has 31 heavy (non-hydrogen) atoms. The average Bonchev–Trinajstić information content (AvgIpc) is 3.28. The highest BCUT2D eigenvalue weighted by Crippen LogP contribution is 2.28. The highest BCUT2D eigenvalue weighted by molar-refractivity contribution is 5.98. The molecule has 0 radical (unpaired) electrons. The number of primary amides is 1. The lowest BCUT2D eigenvalue weighted by Gasteiger charge is -2.22. The van der Waals surface area contributed by atoms with E-state index in [1.165, 1.54) is 24.2 Å². The van der Waals surface area contributed by atoms with Crippen LogP contribution in [0.5, 0.6) is 5.88 Å². The van der Waals surface area contributed by atoms with Crippen molar-refractivity contribution >= 4 is 23.2 Å². The SMILES string of the molecule is CC[C@@H](Nc1nc(Nc2cnc(OC)c(-n3ccnn3)c2)c(C(N)=O)cc1F)[C@H](C)N. The summed E-state index contributed by atoms with van der Waals surface area (Å²) >= 11 is 0. The first-order valence-electron chi connectivity index (χ1n) is 9.54. The lowest BCUT2D eigenvalue weighted by atomic mass is 10.1. The van der Waals surface area contributed by atoms with Crippen molar-refractivity contribution in [1.29, 1.82) is 0 Å². The molecule has 0 spiro atoms. The summed E-state index contributed by atoms with van der Waals surface area (Å²) in [5, 5.41) is 13.6. The van der Waals surface area contributed by atoms with E-state index >= 15 is 0 Å². The van der Waals surface area contributed by atoms with Gasteiger partial charge in [-0.2, -0.15) is 0 Å². The van der Waals surface area contributed by atoms with Crippen molar-refractivity contribution in [3.8, 4) is 11.6 Å². The molecule has 11 nitrogen and oxygen atoms in total. The zero-order valence-corrected chi connectivity index (χ0v) is 17.3. The predicted molar refractivity (Wildman–Crippen MR) is 113 cm³/mol. The number of nitrogens with one attached hydrogen (secondary N) is 2. The molecule has 0 aliphatic rings. The number of hydrogen-bond acceptors (Lipinski definition) is 9. The molecule has 0 fully saturated rings. The first-order valence-corrected chi connectivity index (χ1v) is 9.54. The van der Waals surface area contributed by atoms with E-state index in [9.17, 15) is 9.18 Å². The van der Waals surface area contributed by atoms with Crippen molar-refractivity contribution in [2.75, 3.05) is 17.7 Å². The Kier molecular flexibility index (Phi) is 6.60.